The van der Waals surface area contributed by atoms with Gasteiger partial charge in [-0.3, -0.25) is 29.5 Å². The van der Waals surface area contributed by atoms with Crippen molar-refractivity contribution >= 4 is 40.7 Å². The lowest BCUT2D eigenvalue weighted by Gasteiger charge is -2.04. The molecule has 0 radical (unpaired) electrons. The number of amides is 3. The summed E-state index contributed by atoms with van der Waals surface area (Å²) in [5, 5.41) is 19.0. The lowest BCUT2D eigenvalue weighted by atomic mass is 10.3. The van der Waals surface area contributed by atoms with Crippen LogP contribution in [0.3, 0.4) is 0 Å². The van der Waals surface area contributed by atoms with Gasteiger partial charge in [0.1, 0.15) is 17.1 Å². The van der Waals surface area contributed by atoms with Gasteiger partial charge in [0.25, 0.3) is 23.4 Å². The van der Waals surface area contributed by atoms with Crippen LogP contribution >= 0.6 is 0 Å². The van der Waals surface area contributed by atoms with Gasteiger partial charge in [-0.25, -0.2) is 0 Å². The maximum Gasteiger partial charge on any atom is 0.287 e. The van der Waals surface area contributed by atoms with Crippen molar-refractivity contribution in [2.75, 3.05) is 23.7 Å². The first-order valence-electron chi connectivity index (χ1n) is 10.6. The number of aryl methyl sites for hydroxylation is 3. The van der Waals surface area contributed by atoms with Crippen molar-refractivity contribution in [1.82, 2.24) is 19.0 Å². The number of hydrogen-bond acceptors (Lipinski definition) is 6. The number of nitrogens with two attached hydrogens (primary N) is 2. The number of guanidine groups is 1. The highest BCUT2D eigenvalue weighted by Crippen LogP contribution is 2.20. The van der Waals surface area contributed by atoms with Gasteiger partial charge in [-0.05, 0) is 12.1 Å². The summed E-state index contributed by atoms with van der Waals surface area (Å²) >= 11 is 0. The minimum Gasteiger partial charge on any atom is -0.370 e. The summed E-state index contributed by atoms with van der Waals surface area (Å²) in [5.74, 6) is -1.48. The van der Waals surface area contributed by atoms with E-state index in [9.17, 15) is 24.5 Å². The van der Waals surface area contributed by atoms with Crippen LogP contribution in [0, 0.1) is 10.1 Å². The van der Waals surface area contributed by atoms with Crippen molar-refractivity contribution in [3.8, 4) is 0 Å². The summed E-state index contributed by atoms with van der Waals surface area (Å²) in [6, 6.07) is 4.14. The fourth-order valence-corrected chi connectivity index (χ4v) is 3.43. The molecule has 0 aliphatic carbocycles. The van der Waals surface area contributed by atoms with Gasteiger partial charge in [0.2, 0.25) is 0 Å². The first-order chi connectivity index (χ1) is 17.0. The number of aliphatic imine (C=N–C) groups is 1. The molecule has 0 fully saturated rings. The highest BCUT2D eigenvalue weighted by atomic mass is 16.6. The van der Waals surface area contributed by atoms with E-state index in [-0.39, 0.29) is 42.0 Å². The molecule has 15 heteroatoms. The first-order valence-corrected chi connectivity index (χ1v) is 10.6. The fraction of sp³-hybridized carbons (Fsp3) is 0.238. The van der Waals surface area contributed by atoms with Crippen LogP contribution < -0.4 is 27.4 Å². The van der Waals surface area contributed by atoms with Gasteiger partial charge in [-0.1, -0.05) is 0 Å². The van der Waals surface area contributed by atoms with Gasteiger partial charge in [-0.2, -0.15) is 0 Å². The van der Waals surface area contributed by atoms with Crippen molar-refractivity contribution in [3.63, 3.8) is 0 Å². The number of anilines is 2. The van der Waals surface area contributed by atoms with Crippen LogP contribution in [0.1, 0.15) is 31.5 Å². The molecular formula is C21H26N10O5. The minimum atomic E-state index is -0.590. The summed E-state index contributed by atoms with van der Waals surface area (Å²) in [6.45, 7) is 0.465. The van der Waals surface area contributed by atoms with Crippen LogP contribution in [0.15, 0.2) is 41.8 Å². The van der Waals surface area contributed by atoms with E-state index >= 15 is 0 Å². The Balaban J connectivity index is 1.66. The quantitative estimate of drug-likeness (QED) is 0.0899. The second-order valence-corrected chi connectivity index (χ2v) is 7.87. The highest BCUT2D eigenvalue weighted by Gasteiger charge is 2.20. The molecule has 3 amide bonds. The Hall–Kier alpha value is -5.08. The predicted molar refractivity (Wildman–Crippen MR) is 132 cm³/mol. The van der Waals surface area contributed by atoms with E-state index in [1.165, 1.54) is 40.7 Å². The van der Waals surface area contributed by atoms with Crippen molar-refractivity contribution in [2.24, 2.45) is 37.6 Å². The molecule has 0 saturated carbocycles. The second-order valence-electron chi connectivity index (χ2n) is 7.87. The Morgan fingerprint density at radius 1 is 1.00 bits per heavy atom. The summed E-state index contributed by atoms with van der Waals surface area (Å²) in [5.41, 5.74) is 11.6. The van der Waals surface area contributed by atoms with Gasteiger partial charge in [0.15, 0.2) is 5.96 Å². The Morgan fingerprint density at radius 2 is 1.61 bits per heavy atom. The number of carbonyl (C=O) groups is 3. The zero-order chi connectivity index (χ0) is 26.6. The summed E-state index contributed by atoms with van der Waals surface area (Å²) in [4.78, 5) is 51.9. The van der Waals surface area contributed by atoms with Crippen molar-refractivity contribution < 1.29 is 19.3 Å². The van der Waals surface area contributed by atoms with E-state index < -0.39 is 16.7 Å². The normalized spacial score (nSPS) is 10.5. The molecule has 0 unspecified atom stereocenters. The van der Waals surface area contributed by atoms with Crippen LogP contribution in [0.4, 0.5) is 17.1 Å². The molecule has 3 aromatic rings. The van der Waals surface area contributed by atoms with Gasteiger partial charge < -0.3 is 41.1 Å². The fourth-order valence-electron chi connectivity index (χ4n) is 3.43. The number of nitro groups is 1. The topological polar surface area (TPSA) is 210 Å². The van der Waals surface area contributed by atoms with E-state index in [4.69, 9.17) is 11.5 Å². The molecule has 0 spiro atoms. The molecule has 3 rings (SSSR count). The van der Waals surface area contributed by atoms with Crippen molar-refractivity contribution in [2.45, 2.75) is 0 Å². The van der Waals surface area contributed by atoms with Gasteiger partial charge in [0, 0.05) is 46.1 Å². The Kier molecular flexibility index (Phi) is 7.42. The van der Waals surface area contributed by atoms with E-state index in [0.717, 1.165) is 6.07 Å². The zero-order valence-corrected chi connectivity index (χ0v) is 19.8. The summed E-state index contributed by atoms with van der Waals surface area (Å²) in [6.07, 6.45) is 4.35. The van der Waals surface area contributed by atoms with E-state index in [1.54, 1.807) is 24.9 Å². The molecule has 0 saturated heterocycles. The van der Waals surface area contributed by atoms with Crippen molar-refractivity contribution in [3.05, 3.63) is 64.0 Å². The minimum absolute atomic E-state index is 0.0690. The van der Waals surface area contributed by atoms with Gasteiger partial charge in [0.05, 0.1) is 29.0 Å². The van der Waals surface area contributed by atoms with Gasteiger partial charge >= 0.3 is 0 Å². The lowest BCUT2D eigenvalue weighted by molar-refractivity contribution is -0.384. The number of hydrogen-bond donors (Lipinski definition) is 5. The third-order valence-electron chi connectivity index (χ3n) is 5.12. The first kappa shape index (κ1) is 25.5. The van der Waals surface area contributed by atoms with Gasteiger partial charge in [-0.15, -0.1) is 0 Å². The average Bonchev–Trinajstić information content (AvgIpc) is 3.47. The summed E-state index contributed by atoms with van der Waals surface area (Å²) < 4.78 is 4.41. The number of rotatable bonds is 9. The number of carbonyl (C=O) groups excluding carboxylic acids is 3. The van der Waals surface area contributed by atoms with Crippen LogP contribution in [-0.2, 0) is 21.1 Å². The third-order valence-corrected chi connectivity index (χ3v) is 5.12. The largest absolute Gasteiger partial charge is 0.370 e. The molecule has 0 aromatic carbocycles. The maximum absolute atomic E-state index is 12.8. The zero-order valence-electron chi connectivity index (χ0n) is 19.8. The Labute approximate surface area is 204 Å². The molecule has 0 aliphatic rings. The smallest absolute Gasteiger partial charge is 0.287 e. The monoisotopic (exact) mass is 500 g/mol. The number of aromatic nitrogens is 3. The third kappa shape index (κ3) is 5.88. The lowest BCUT2D eigenvalue weighted by Crippen LogP contribution is -2.29. The summed E-state index contributed by atoms with van der Waals surface area (Å²) in [7, 11) is 4.80. The maximum atomic E-state index is 12.8. The Morgan fingerprint density at radius 3 is 2.22 bits per heavy atom. The molecule has 3 heterocycles. The van der Waals surface area contributed by atoms with Crippen molar-refractivity contribution in [1.29, 1.82) is 0 Å². The molecule has 36 heavy (non-hydrogen) atoms. The van der Waals surface area contributed by atoms with Crippen LogP contribution in [-0.4, -0.2) is 55.4 Å². The second kappa shape index (κ2) is 10.5. The van der Waals surface area contributed by atoms with Crippen LogP contribution in [0.25, 0.3) is 0 Å². The van der Waals surface area contributed by atoms with Crippen LogP contribution in [0.5, 0.6) is 0 Å². The average molecular weight is 500 g/mol. The Bertz CT molecular complexity index is 1360. The van der Waals surface area contributed by atoms with E-state index in [2.05, 4.69) is 20.9 Å². The number of nitrogens with one attached hydrogen (secondary N) is 3. The highest BCUT2D eigenvalue weighted by molar-refractivity contribution is 6.07. The molecule has 0 atom stereocenters. The number of nitrogens with zero attached hydrogens (tertiary/aromatic N) is 5. The predicted octanol–water partition coefficient (Wildman–Crippen LogP) is 0.118. The van der Waals surface area contributed by atoms with Crippen LogP contribution in [0.2, 0.25) is 0 Å². The van der Waals surface area contributed by atoms with E-state index in [1.807, 2.05) is 0 Å². The molecule has 0 aliphatic heterocycles. The molecular weight excluding hydrogens is 474 g/mol. The van der Waals surface area contributed by atoms with E-state index in [0.29, 0.717) is 17.1 Å². The molecule has 190 valence electrons. The molecule has 3 aromatic heterocycles. The SMILES string of the molecule is Cn1cc(NC(=O)c2cc(N[14C](=O)c3cc([N+](=O)[O-])cn3C)cn2C)cc1C(=O)NCCN=C(N)N. The standard InChI is InChI=1S/C21H26N10O5/c1-28-9-12(6-15(28)18(32)24-4-5-25-21(22)23)26-19(33)16-7-13(10-29(16)2)27-20(34)17-8-14(31(35)36)11-30(17)3/h6-11H,4-5H2,1-3H3,(H,24,32)(H,26,33)(H,27,34)(H4,22,23,25)/i20+2. The molecule has 15 nitrogen and oxygen atoms in total. The molecule has 7 N–H and O–H groups in total. The molecule has 0 bridgehead atoms.